The Morgan fingerprint density at radius 2 is 1.96 bits per heavy atom. The molecule has 3 aromatic rings. The summed E-state index contributed by atoms with van der Waals surface area (Å²) in [7, 11) is 0. The van der Waals surface area contributed by atoms with E-state index >= 15 is 0 Å². The summed E-state index contributed by atoms with van der Waals surface area (Å²) in [6, 6.07) is 9.52. The monoisotopic (exact) mass is 351 g/mol. The number of carbonyl (C=O) groups excluding carboxylic acids is 1. The number of benzene rings is 1. The van der Waals surface area contributed by atoms with Crippen molar-refractivity contribution in [3.8, 4) is 0 Å². The summed E-state index contributed by atoms with van der Waals surface area (Å²) >= 11 is 0. The van der Waals surface area contributed by atoms with Gasteiger partial charge in [-0.2, -0.15) is 0 Å². The number of rotatable bonds is 3. The van der Waals surface area contributed by atoms with E-state index in [1.54, 1.807) is 6.07 Å². The molecule has 1 aliphatic rings. The van der Waals surface area contributed by atoms with Crippen LogP contribution in [0.15, 0.2) is 41.0 Å². The molecule has 2 aromatic heterocycles. The van der Waals surface area contributed by atoms with Crippen LogP contribution in [0.5, 0.6) is 0 Å². The fourth-order valence-electron chi connectivity index (χ4n) is 3.27. The van der Waals surface area contributed by atoms with E-state index in [2.05, 4.69) is 14.9 Å². The van der Waals surface area contributed by atoms with Crippen LogP contribution in [0.1, 0.15) is 21.9 Å². The molecule has 1 saturated heterocycles. The minimum absolute atomic E-state index is 0.0210. The lowest BCUT2D eigenvalue weighted by atomic mass is 10.2. The number of aromatic nitrogens is 2. The third-order valence-electron chi connectivity index (χ3n) is 4.68. The van der Waals surface area contributed by atoms with Crippen molar-refractivity contribution < 1.29 is 9.21 Å². The Kier molecular flexibility index (Phi) is 4.30. The molecule has 7 heteroatoms. The topological polar surface area (TPSA) is 88.5 Å². The van der Waals surface area contributed by atoms with Crippen LogP contribution in [-0.4, -0.2) is 51.9 Å². The van der Waals surface area contributed by atoms with Crippen molar-refractivity contribution in [2.24, 2.45) is 0 Å². The van der Waals surface area contributed by atoms with Gasteiger partial charge in [0, 0.05) is 31.6 Å². The molecule has 0 aliphatic carbocycles. The Morgan fingerprint density at radius 1 is 1.19 bits per heavy atom. The first-order chi connectivity index (χ1) is 12.6. The summed E-state index contributed by atoms with van der Waals surface area (Å²) in [6.45, 7) is 5.36. The van der Waals surface area contributed by atoms with Gasteiger partial charge >= 0.3 is 0 Å². The lowest BCUT2D eigenvalue weighted by molar-refractivity contribution is 0.0625. The van der Waals surface area contributed by atoms with Gasteiger partial charge in [-0.25, -0.2) is 9.97 Å². The molecule has 3 heterocycles. The highest BCUT2D eigenvalue weighted by Crippen LogP contribution is 2.18. The van der Waals surface area contributed by atoms with E-state index in [-0.39, 0.29) is 5.91 Å². The van der Waals surface area contributed by atoms with Crippen LogP contribution in [0.25, 0.3) is 10.9 Å². The number of para-hydroxylation sites is 1. The van der Waals surface area contributed by atoms with Gasteiger partial charge in [-0.05, 0) is 25.1 Å². The summed E-state index contributed by atoms with van der Waals surface area (Å²) in [4.78, 5) is 25.6. The third kappa shape index (κ3) is 3.25. The molecule has 0 saturated carbocycles. The number of nitrogens with two attached hydrogens (primary N) is 1. The molecule has 4 rings (SSSR count). The number of amides is 1. The highest BCUT2D eigenvalue weighted by Gasteiger charge is 2.23. The van der Waals surface area contributed by atoms with Crippen LogP contribution in [0.3, 0.4) is 0 Å². The summed E-state index contributed by atoms with van der Waals surface area (Å²) < 4.78 is 5.24. The molecular formula is C19H21N5O2. The van der Waals surface area contributed by atoms with Crippen molar-refractivity contribution in [3.63, 3.8) is 0 Å². The number of aryl methyl sites for hydroxylation is 1. The number of anilines is 1. The van der Waals surface area contributed by atoms with E-state index in [4.69, 9.17) is 10.2 Å². The lowest BCUT2D eigenvalue weighted by Crippen LogP contribution is -2.48. The molecule has 134 valence electrons. The largest absolute Gasteiger partial charge is 0.469 e. The number of furan rings is 1. The van der Waals surface area contributed by atoms with Gasteiger partial charge in [0.1, 0.15) is 23.7 Å². The van der Waals surface area contributed by atoms with Crippen molar-refractivity contribution in [2.45, 2.75) is 13.5 Å². The van der Waals surface area contributed by atoms with Crippen molar-refractivity contribution in [1.29, 1.82) is 0 Å². The molecule has 0 unspecified atom stereocenters. The van der Waals surface area contributed by atoms with Crippen LogP contribution < -0.4 is 5.73 Å². The van der Waals surface area contributed by atoms with Gasteiger partial charge in [0.15, 0.2) is 0 Å². The summed E-state index contributed by atoms with van der Waals surface area (Å²) in [5.41, 5.74) is 7.53. The Bertz CT molecular complexity index is 944. The van der Waals surface area contributed by atoms with Crippen molar-refractivity contribution in [3.05, 3.63) is 53.7 Å². The Balaban J connectivity index is 1.40. The van der Waals surface area contributed by atoms with E-state index < -0.39 is 0 Å². The summed E-state index contributed by atoms with van der Waals surface area (Å²) in [5.74, 6) is 1.99. The number of hydrogen-bond acceptors (Lipinski definition) is 6. The average molecular weight is 351 g/mol. The zero-order valence-electron chi connectivity index (χ0n) is 14.7. The van der Waals surface area contributed by atoms with Gasteiger partial charge in [-0.3, -0.25) is 9.69 Å². The minimum Gasteiger partial charge on any atom is -0.469 e. The van der Waals surface area contributed by atoms with E-state index in [0.717, 1.165) is 29.8 Å². The molecule has 26 heavy (non-hydrogen) atoms. The quantitative estimate of drug-likeness (QED) is 0.777. The Labute approximate surface area is 151 Å². The van der Waals surface area contributed by atoms with Gasteiger partial charge in [0.25, 0.3) is 5.91 Å². The molecule has 7 nitrogen and oxygen atoms in total. The van der Waals surface area contributed by atoms with E-state index in [1.165, 1.54) is 6.26 Å². The maximum absolute atomic E-state index is 12.5. The molecule has 1 amide bonds. The van der Waals surface area contributed by atoms with Crippen LogP contribution in [0.2, 0.25) is 0 Å². The number of fused-ring (bicyclic) bond motifs is 1. The van der Waals surface area contributed by atoms with Crippen LogP contribution >= 0.6 is 0 Å². The first-order valence-electron chi connectivity index (χ1n) is 8.68. The molecule has 1 aromatic carbocycles. The number of piperazine rings is 1. The Morgan fingerprint density at radius 3 is 2.69 bits per heavy atom. The SMILES string of the molecule is Cc1cc(C(=O)N2CCN(Cc3nc(N)c4ccccc4n3)CC2)co1. The standard InChI is InChI=1S/C19H21N5O2/c1-13-10-14(12-26-13)19(25)24-8-6-23(7-9-24)11-17-21-16-5-3-2-4-15(16)18(20)22-17/h2-5,10,12H,6-9,11H2,1H3,(H2,20,21,22). The van der Waals surface area contributed by atoms with Crippen molar-refractivity contribution in [2.75, 3.05) is 31.9 Å². The maximum Gasteiger partial charge on any atom is 0.257 e. The fourth-order valence-corrected chi connectivity index (χ4v) is 3.27. The second-order valence-electron chi connectivity index (χ2n) is 6.56. The van der Waals surface area contributed by atoms with E-state index in [0.29, 0.717) is 36.8 Å². The maximum atomic E-state index is 12.5. The van der Waals surface area contributed by atoms with Gasteiger partial charge < -0.3 is 15.1 Å². The first kappa shape index (κ1) is 16.5. The van der Waals surface area contributed by atoms with Gasteiger partial charge in [-0.1, -0.05) is 12.1 Å². The normalized spacial score (nSPS) is 15.5. The Hall–Kier alpha value is -2.93. The average Bonchev–Trinajstić information content (AvgIpc) is 3.08. The zero-order valence-corrected chi connectivity index (χ0v) is 14.7. The number of carbonyl (C=O) groups is 1. The molecule has 0 atom stereocenters. The smallest absolute Gasteiger partial charge is 0.257 e. The first-order valence-corrected chi connectivity index (χ1v) is 8.68. The molecule has 1 aliphatic heterocycles. The number of nitrogen functional groups attached to an aromatic ring is 1. The lowest BCUT2D eigenvalue weighted by Gasteiger charge is -2.34. The third-order valence-corrected chi connectivity index (χ3v) is 4.68. The van der Waals surface area contributed by atoms with Gasteiger partial charge in [0.2, 0.25) is 0 Å². The molecular weight excluding hydrogens is 330 g/mol. The zero-order chi connectivity index (χ0) is 18.1. The van der Waals surface area contributed by atoms with Crippen molar-refractivity contribution >= 4 is 22.6 Å². The molecule has 2 N–H and O–H groups in total. The molecule has 0 spiro atoms. The highest BCUT2D eigenvalue weighted by atomic mass is 16.3. The van der Waals surface area contributed by atoms with Crippen LogP contribution in [-0.2, 0) is 6.54 Å². The predicted octanol–water partition coefficient (Wildman–Crippen LogP) is 2.07. The minimum atomic E-state index is 0.0210. The van der Waals surface area contributed by atoms with Gasteiger partial charge in [0.05, 0.1) is 17.6 Å². The second-order valence-corrected chi connectivity index (χ2v) is 6.56. The van der Waals surface area contributed by atoms with E-state index in [1.807, 2.05) is 36.1 Å². The summed E-state index contributed by atoms with van der Waals surface area (Å²) in [6.07, 6.45) is 1.52. The van der Waals surface area contributed by atoms with Gasteiger partial charge in [-0.15, -0.1) is 0 Å². The van der Waals surface area contributed by atoms with Crippen molar-refractivity contribution in [1.82, 2.24) is 19.8 Å². The van der Waals surface area contributed by atoms with Crippen LogP contribution in [0, 0.1) is 6.92 Å². The molecule has 0 radical (unpaired) electrons. The molecule has 1 fully saturated rings. The number of hydrogen-bond donors (Lipinski definition) is 1. The summed E-state index contributed by atoms with van der Waals surface area (Å²) in [5, 5.41) is 0.877. The van der Waals surface area contributed by atoms with Crippen LogP contribution in [0.4, 0.5) is 5.82 Å². The highest BCUT2D eigenvalue weighted by molar-refractivity contribution is 5.94. The predicted molar refractivity (Wildman–Crippen MR) is 98.6 cm³/mol. The fraction of sp³-hybridized carbons (Fsp3) is 0.316. The molecule has 0 bridgehead atoms. The van der Waals surface area contributed by atoms with E-state index in [9.17, 15) is 4.79 Å². The number of nitrogens with zero attached hydrogens (tertiary/aromatic N) is 4. The second kappa shape index (κ2) is 6.76.